The van der Waals surface area contributed by atoms with Gasteiger partial charge in [0.15, 0.2) is 5.76 Å². The molecular formula is C26H30N2O2S. The molecule has 5 heteroatoms. The smallest absolute Gasteiger partial charge is 0.287 e. The number of amides is 1. The molecule has 1 aromatic carbocycles. The average molecular weight is 435 g/mol. The standard InChI is InChI=1S/C26H30N2O2S/c1-6-7-22(19-12-14-27-15-13-19)28-25(29)23-11-10-21(30-23)17-31-24-16-20(26(3,4)5)9-8-18(24)2/h6,8-16,22H,1,7,17H2,2-5H3,(H,28,29). The van der Waals surface area contributed by atoms with Crippen LogP contribution in [0.4, 0.5) is 0 Å². The monoisotopic (exact) mass is 434 g/mol. The molecule has 3 rings (SSSR count). The lowest BCUT2D eigenvalue weighted by Crippen LogP contribution is -2.28. The molecule has 31 heavy (non-hydrogen) atoms. The minimum Gasteiger partial charge on any atom is -0.455 e. The van der Waals surface area contributed by atoms with Crippen LogP contribution in [0.1, 0.15) is 66.2 Å². The summed E-state index contributed by atoms with van der Waals surface area (Å²) in [6.07, 6.45) is 5.86. The maximum Gasteiger partial charge on any atom is 0.287 e. The first kappa shape index (κ1) is 22.9. The number of benzene rings is 1. The molecule has 0 saturated heterocycles. The molecule has 0 saturated carbocycles. The van der Waals surface area contributed by atoms with Gasteiger partial charge in [0.1, 0.15) is 5.76 Å². The van der Waals surface area contributed by atoms with Crippen molar-refractivity contribution in [1.82, 2.24) is 10.3 Å². The van der Waals surface area contributed by atoms with Crippen LogP contribution in [0.15, 0.2) is 76.8 Å². The fourth-order valence-corrected chi connectivity index (χ4v) is 4.18. The van der Waals surface area contributed by atoms with Crippen molar-refractivity contribution >= 4 is 17.7 Å². The molecule has 162 valence electrons. The molecule has 1 N–H and O–H groups in total. The first-order valence-corrected chi connectivity index (χ1v) is 11.4. The van der Waals surface area contributed by atoms with E-state index in [1.807, 2.05) is 18.2 Å². The minimum absolute atomic E-state index is 0.107. The highest BCUT2D eigenvalue weighted by molar-refractivity contribution is 7.98. The Bertz CT molecular complexity index is 1040. The quantitative estimate of drug-likeness (QED) is 0.320. The van der Waals surface area contributed by atoms with Crippen LogP contribution in [0.3, 0.4) is 0 Å². The van der Waals surface area contributed by atoms with Crippen molar-refractivity contribution in [2.24, 2.45) is 0 Å². The van der Waals surface area contributed by atoms with Crippen molar-refractivity contribution in [3.8, 4) is 0 Å². The molecule has 0 aliphatic carbocycles. The van der Waals surface area contributed by atoms with E-state index in [1.54, 1.807) is 36.3 Å². The highest BCUT2D eigenvalue weighted by atomic mass is 32.2. The van der Waals surface area contributed by atoms with Crippen molar-refractivity contribution < 1.29 is 9.21 Å². The van der Waals surface area contributed by atoms with Crippen molar-refractivity contribution in [3.05, 3.63) is 95.7 Å². The zero-order valence-corrected chi connectivity index (χ0v) is 19.5. The number of carbonyl (C=O) groups excluding carboxylic acids is 1. The van der Waals surface area contributed by atoms with Crippen LogP contribution in [0, 0.1) is 6.92 Å². The van der Waals surface area contributed by atoms with Gasteiger partial charge in [-0.2, -0.15) is 0 Å². The van der Waals surface area contributed by atoms with E-state index in [-0.39, 0.29) is 17.4 Å². The Kier molecular flexibility index (Phi) is 7.39. The first-order valence-electron chi connectivity index (χ1n) is 10.4. The van der Waals surface area contributed by atoms with Crippen molar-refractivity contribution in [2.75, 3.05) is 0 Å². The number of thioether (sulfide) groups is 1. The molecule has 0 aliphatic rings. The number of aromatic nitrogens is 1. The lowest BCUT2D eigenvalue weighted by molar-refractivity contribution is 0.0907. The van der Waals surface area contributed by atoms with Gasteiger partial charge in [0.25, 0.3) is 5.91 Å². The molecule has 3 aromatic rings. The molecule has 1 amide bonds. The Balaban J connectivity index is 1.66. The van der Waals surface area contributed by atoms with Crippen molar-refractivity contribution in [2.45, 2.75) is 56.2 Å². The van der Waals surface area contributed by atoms with Gasteiger partial charge < -0.3 is 9.73 Å². The second-order valence-electron chi connectivity index (χ2n) is 8.62. The molecule has 1 unspecified atom stereocenters. The van der Waals surface area contributed by atoms with Crippen LogP contribution in [0.25, 0.3) is 0 Å². The average Bonchev–Trinajstić information content (AvgIpc) is 3.22. The normalized spacial score (nSPS) is 12.4. The summed E-state index contributed by atoms with van der Waals surface area (Å²) in [6.45, 7) is 12.6. The second kappa shape index (κ2) is 10.0. The summed E-state index contributed by atoms with van der Waals surface area (Å²) in [5, 5.41) is 3.03. The third-order valence-electron chi connectivity index (χ3n) is 5.13. The predicted octanol–water partition coefficient (Wildman–Crippen LogP) is 6.62. The van der Waals surface area contributed by atoms with E-state index < -0.39 is 0 Å². The Morgan fingerprint density at radius 3 is 2.61 bits per heavy atom. The summed E-state index contributed by atoms with van der Waals surface area (Å²) in [4.78, 5) is 18.0. The van der Waals surface area contributed by atoms with E-state index in [1.165, 1.54) is 16.0 Å². The molecule has 2 aromatic heterocycles. The fourth-order valence-electron chi connectivity index (χ4n) is 3.22. The van der Waals surface area contributed by atoms with Gasteiger partial charge in [0.05, 0.1) is 11.8 Å². The summed E-state index contributed by atoms with van der Waals surface area (Å²) in [6, 6.07) is 13.9. The Morgan fingerprint density at radius 2 is 1.94 bits per heavy atom. The van der Waals surface area contributed by atoms with Gasteiger partial charge in [0.2, 0.25) is 0 Å². The summed E-state index contributed by atoms with van der Waals surface area (Å²) in [5.74, 6) is 1.53. The number of pyridine rings is 1. The maximum absolute atomic E-state index is 12.7. The van der Waals surface area contributed by atoms with Gasteiger partial charge in [-0.15, -0.1) is 18.3 Å². The highest BCUT2D eigenvalue weighted by Crippen LogP contribution is 2.32. The minimum atomic E-state index is -0.231. The van der Waals surface area contributed by atoms with Crippen LogP contribution >= 0.6 is 11.8 Å². The molecule has 0 fully saturated rings. The highest BCUT2D eigenvalue weighted by Gasteiger charge is 2.18. The molecular weight excluding hydrogens is 404 g/mol. The van der Waals surface area contributed by atoms with Crippen LogP contribution in [0.5, 0.6) is 0 Å². The van der Waals surface area contributed by atoms with Gasteiger partial charge >= 0.3 is 0 Å². The number of carbonyl (C=O) groups is 1. The number of furan rings is 1. The molecule has 0 bridgehead atoms. The summed E-state index contributed by atoms with van der Waals surface area (Å²) < 4.78 is 5.85. The number of aryl methyl sites for hydroxylation is 1. The third-order valence-corrected chi connectivity index (χ3v) is 6.31. The molecule has 0 aliphatic heterocycles. The number of nitrogens with zero attached hydrogens (tertiary/aromatic N) is 1. The summed E-state index contributed by atoms with van der Waals surface area (Å²) >= 11 is 1.73. The van der Waals surface area contributed by atoms with Crippen LogP contribution in [0.2, 0.25) is 0 Å². The van der Waals surface area contributed by atoms with E-state index >= 15 is 0 Å². The zero-order valence-electron chi connectivity index (χ0n) is 18.6. The van der Waals surface area contributed by atoms with Crippen LogP contribution in [-0.2, 0) is 11.2 Å². The molecule has 4 nitrogen and oxygen atoms in total. The summed E-state index contributed by atoms with van der Waals surface area (Å²) in [5.41, 5.74) is 3.65. The van der Waals surface area contributed by atoms with Gasteiger partial charge in [0, 0.05) is 17.3 Å². The van der Waals surface area contributed by atoms with Crippen molar-refractivity contribution in [3.63, 3.8) is 0 Å². The van der Waals surface area contributed by atoms with E-state index in [0.717, 1.165) is 11.3 Å². The lowest BCUT2D eigenvalue weighted by atomic mass is 9.87. The summed E-state index contributed by atoms with van der Waals surface area (Å²) in [7, 11) is 0. The van der Waals surface area contributed by atoms with Gasteiger partial charge in [-0.1, -0.05) is 39.0 Å². The van der Waals surface area contributed by atoms with E-state index in [2.05, 4.69) is 62.8 Å². The van der Waals surface area contributed by atoms with Gasteiger partial charge in [-0.05, 0) is 65.8 Å². The molecule has 0 radical (unpaired) electrons. The molecule has 1 atom stereocenters. The maximum atomic E-state index is 12.7. The van der Waals surface area contributed by atoms with Gasteiger partial charge in [-0.25, -0.2) is 0 Å². The second-order valence-corrected chi connectivity index (χ2v) is 9.63. The van der Waals surface area contributed by atoms with Crippen LogP contribution in [-0.4, -0.2) is 10.9 Å². The lowest BCUT2D eigenvalue weighted by Gasteiger charge is -2.20. The largest absolute Gasteiger partial charge is 0.455 e. The van der Waals surface area contributed by atoms with Crippen molar-refractivity contribution in [1.29, 1.82) is 0 Å². The van der Waals surface area contributed by atoms with Crippen LogP contribution < -0.4 is 5.32 Å². The van der Waals surface area contributed by atoms with E-state index in [0.29, 0.717) is 17.9 Å². The zero-order chi connectivity index (χ0) is 22.4. The molecule has 0 spiro atoms. The Labute approximate surface area is 189 Å². The first-order chi connectivity index (χ1) is 14.8. The fraction of sp³-hybridized carbons (Fsp3) is 0.308. The van der Waals surface area contributed by atoms with Gasteiger partial charge in [-0.3, -0.25) is 9.78 Å². The Hall–Kier alpha value is -2.79. The third kappa shape index (κ3) is 6.11. The number of rotatable bonds is 8. The van der Waals surface area contributed by atoms with E-state index in [9.17, 15) is 4.79 Å². The number of hydrogen-bond donors (Lipinski definition) is 1. The van der Waals surface area contributed by atoms with E-state index in [4.69, 9.17) is 4.42 Å². The SMILES string of the molecule is C=CCC(NC(=O)c1ccc(CSc2cc(C(C)(C)C)ccc2C)o1)c1ccncc1. The number of nitrogens with one attached hydrogen (secondary N) is 1. The molecule has 2 heterocycles. The number of hydrogen-bond acceptors (Lipinski definition) is 4. The Morgan fingerprint density at radius 1 is 1.19 bits per heavy atom. The predicted molar refractivity (Wildman–Crippen MR) is 127 cm³/mol. The topological polar surface area (TPSA) is 55.1 Å².